The number of carbonyl (C=O) groups is 1. The topological polar surface area (TPSA) is 64.1 Å². The molecule has 4 heterocycles. The summed E-state index contributed by atoms with van der Waals surface area (Å²) in [6.45, 7) is 3.87. The molecule has 0 aliphatic carbocycles. The van der Waals surface area contributed by atoms with Crippen LogP contribution in [0.1, 0.15) is 47.9 Å². The van der Waals surface area contributed by atoms with Crippen molar-refractivity contribution < 1.29 is 9.53 Å². The minimum absolute atomic E-state index is 0.323. The molecule has 5 nitrogen and oxygen atoms in total. The number of aromatic nitrogens is 2. The van der Waals surface area contributed by atoms with Gasteiger partial charge in [0, 0.05) is 66.9 Å². The maximum atomic E-state index is 12.9. The summed E-state index contributed by atoms with van der Waals surface area (Å²) in [6, 6.07) is 11.0. The number of nitrogens with one attached hydrogen (secondary N) is 1. The van der Waals surface area contributed by atoms with Crippen LogP contribution in [0.3, 0.4) is 0 Å². The first-order valence-electron chi connectivity index (χ1n) is 12.3. The van der Waals surface area contributed by atoms with Crippen molar-refractivity contribution in [1.82, 2.24) is 15.3 Å². The number of hydrogen-bond donors (Lipinski definition) is 1. The molecule has 0 amide bonds. The first kappa shape index (κ1) is 24.3. The molecule has 7 heteroatoms. The molecule has 4 aromatic rings. The summed E-state index contributed by atoms with van der Waals surface area (Å²) in [7, 11) is 1.73. The van der Waals surface area contributed by atoms with Crippen molar-refractivity contribution in [3.63, 3.8) is 0 Å². The van der Waals surface area contributed by atoms with E-state index in [1.807, 2.05) is 24.5 Å². The number of thiophene rings is 1. The average molecular weight is 506 g/mol. The molecule has 0 unspecified atom stereocenters. The van der Waals surface area contributed by atoms with E-state index in [0.29, 0.717) is 24.7 Å². The van der Waals surface area contributed by atoms with Crippen LogP contribution in [0, 0.1) is 0 Å². The fraction of sp³-hybridized carbons (Fsp3) is 0.393. The number of ether oxygens (including phenoxy) is 1. The van der Waals surface area contributed by atoms with Crippen LogP contribution in [-0.4, -0.2) is 35.5 Å². The van der Waals surface area contributed by atoms with Gasteiger partial charge in [0.05, 0.1) is 10.2 Å². The number of hydrogen-bond acceptors (Lipinski definition) is 7. The molecule has 3 aromatic heterocycles. The highest BCUT2D eigenvalue weighted by molar-refractivity contribution is 7.22. The molecule has 0 saturated carbocycles. The second-order valence-corrected chi connectivity index (χ2v) is 11.5. The number of nitrogens with zero attached hydrogens (tertiary/aromatic N) is 2. The Morgan fingerprint density at radius 1 is 1.11 bits per heavy atom. The molecule has 0 radical (unpaired) electrons. The predicted molar refractivity (Wildman–Crippen MR) is 145 cm³/mol. The Morgan fingerprint density at radius 3 is 2.80 bits per heavy atom. The molecule has 1 atom stereocenters. The van der Waals surface area contributed by atoms with E-state index in [-0.39, 0.29) is 0 Å². The van der Waals surface area contributed by atoms with E-state index in [4.69, 9.17) is 9.72 Å². The quantitative estimate of drug-likeness (QED) is 0.251. The Kier molecular flexibility index (Phi) is 7.68. The molecule has 1 aliphatic rings. The molecule has 1 N–H and O–H groups in total. The van der Waals surface area contributed by atoms with Crippen molar-refractivity contribution in [2.24, 2.45) is 0 Å². The second-order valence-electron chi connectivity index (χ2n) is 9.24. The standard InChI is InChI=1S/C28H31N3O2S2/c1-18-14-22-26(17-30-18)34-25(16-21(32)6-4-3-5-13-33-2)27(22)28-31-23-15-20(7-8-24(23)35-28)19-9-11-29-12-10-19/h7-12,15,18,30H,3-6,13-14,16-17H2,1-2H3/t18-/m1/s1. The average Bonchev–Trinajstić information content (AvgIpc) is 3.44. The third-order valence-corrected chi connectivity index (χ3v) is 8.85. The largest absolute Gasteiger partial charge is 0.385 e. The summed E-state index contributed by atoms with van der Waals surface area (Å²) in [6.07, 6.45) is 8.73. The van der Waals surface area contributed by atoms with Crippen LogP contribution in [0.5, 0.6) is 0 Å². The molecule has 0 fully saturated rings. The van der Waals surface area contributed by atoms with E-state index < -0.39 is 0 Å². The monoisotopic (exact) mass is 505 g/mol. The van der Waals surface area contributed by atoms with Crippen molar-refractivity contribution in [2.75, 3.05) is 13.7 Å². The van der Waals surface area contributed by atoms with Crippen LogP contribution in [-0.2, 0) is 28.9 Å². The van der Waals surface area contributed by atoms with Crippen LogP contribution in [0.15, 0.2) is 42.7 Å². The van der Waals surface area contributed by atoms with Crippen LogP contribution in [0.25, 0.3) is 31.9 Å². The van der Waals surface area contributed by atoms with E-state index >= 15 is 0 Å². The number of fused-ring (bicyclic) bond motifs is 2. The van der Waals surface area contributed by atoms with Gasteiger partial charge in [0.2, 0.25) is 0 Å². The zero-order chi connectivity index (χ0) is 24.2. The van der Waals surface area contributed by atoms with Gasteiger partial charge in [-0.1, -0.05) is 12.5 Å². The van der Waals surface area contributed by atoms with Gasteiger partial charge in [0.1, 0.15) is 10.8 Å². The lowest BCUT2D eigenvalue weighted by Gasteiger charge is -2.20. The van der Waals surface area contributed by atoms with Crippen molar-refractivity contribution in [3.8, 4) is 21.7 Å². The minimum Gasteiger partial charge on any atom is -0.385 e. The number of ketones is 1. The number of carbonyl (C=O) groups excluding carboxylic acids is 1. The van der Waals surface area contributed by atoms with Gasteiger partial charge in [0.15, 0.2) is 0 Å². The van der Waals surface area contributed by atoms with Gasteiger partial charge in [-0.05, 0) is 67.1 Å². The highest BCUT2D eigenvalue weighted by atomic mass is 32.1. The van der Waals surface area contributed by atoms with Crippen LogP contribution in [0.2, 0.25) is 0 Å². The smallest absolute Gasteiger partial charge is 0.138 e. The Morgan fingerprint density at radius 2 is 1.97 bits per heavy atom. The molecular weight excluding hydrogens is 474 g/mol. The molecular formula is C28H31N3O2S2. The maximum absolute atomic E-state index is 12.9. The maximum Gasteiger partial charge on any atom is 0.138 e. The minimum atomic E-state index is 0.323. The van der Waals surface area contributed by atoms with Gasteiger partial charge in [-0.2, -0.15) is 0 Å². The van der Waals surface area contributed by atoms with Gasteiger partial charge in [0.25, 0.3) is 0 Å². The number of unbranched alkanes of at least 4 members (excludes halogenated alkanes) is 2. The van der Waals surface area contributed by atoms with Crippen LogP contribution >= 0.6 is 22.7 Å². The highest BCUT2D eigenvalue weighted by Crippen LogP contribution is 2.43. The fourth-order valence-electron chi connectivity index (χ4n) is 4.72. The number of pyridine rings is 1. The summed E-state index contributed by atoms with van der Waals surface area (Å²) >= 11 is 3.54. The SMILES string of the molecule is COCCCCCC(=O)Cc1sc2c(c1-c1nc3cc(-c4ccncc4)ccc3s1)C[C@@H](C)NC2. The molecule has 1 aliphatic heterocycles. The predicted octanol–water partition coefficient (Wildman–Crippen LogP) is 6.44. The lowest BCUT2D eigenvalue weighted by atomic mass is 9.97. The molecule has 1 aromatic carbocycles. The number of rotatable bonds is 10. The summed E-state index contributed by atoms with van der Waals surface area (Å²) in [4.78, 5) is 24.7. The van der Waals surface area contributed by atoms with E-state index in [1.54, 1.807) is 29.8 Å². The van der Waals surface area contributed by atoms with Crippen molar-refractivity contribution in [2.45, 2.75) is 58.0 Å². The summed E-state index contributed by atoms with van der Waals surface area (Å²) in [5.41, 5.74) is 5.90. The molecule has 5 rings (SSSR count). The first-order chi connectivity index (χ1) is 17.1. The summed E-state index contributed by atoms with van der Waals surface area (Å²) < 4.78 is 6.30. The summed E-state index contributed by atoms with van der Waals surface area (Å²) in [5.74, 6) is 0.323. The van der Waals surface area contributed by atoms with Gasteiger partial charge >= 0.3 is 0 Å². The van der Waals surface area contributed by atoms with E-state index in [0.717, 1.165) is 60.5 Å². The van der Waals surface area contributed by atoms with Crippen molar-refractivity contribution in [1.29, 1.82) is 0 Å². The second kappa shape index (κ2) is 11.1. The molecule has 0 bridgehead atoms. The molecule has 182 valence electrons. The van der Waals surface area contributed by atoms with Gasteiger partial charge in [-0.15, -0.1) is 22.7 Å². The van der Waals surface area contributed by atoms with Crippen molar-refractivity contribution in [3.05, 3.63) is 58.0 Å². The van der Waals surface area contributed by atoms with E-state index in [2.05, 4.69) is 35.4 Å². The number of thiazole rings is 1. The Balaban J connectivity index is 1.45. The third kappa shape index (κ3) is 5.54. The third-order valence-electron chi connectivity index (χ3n) is 6.56. The molecule has 0 spiro atoms. The van der Waals surface area contributed by atoms with E-state index in [9.17, 15) is 4.79 Å². The Hall–Kier alpha value is -2.45. The van der Waals surface area contributed by atoms with Gasteiger partial charge < -0.3 is 10.1 Å². The molecule has 0 saturated heterocycles. The Bertz CT molecular complexity index is 1310. The van der Waals surface area contributed by atoms with Crippen LogP contribution < -0.4 is 5.32 Å². The number of benzene rings is 1. The Labute approximate surface area is 214 Å². The highest BCUT2D eigenvalue weighted by Gasteiger charge is 2.27. The summed E-state index contributed by atoms with van der Waals surface area (Å²) in [5, 5.41) is 4.62. The lowest BCUT2D eigenvalue weighted by molar-refractivity contribution is -0.118. The number of methoxy groups -OCH3 is 1. The zero-order valence-corrected chi connectivity index (χ0v) is 21.9. The molecule has 35 heavy (non-hydrogen) atoms. The van der Waals surface area contributed by atoms with Crippen LogP contribution in [0.4, 0.5) is 0 Å². The zero-order valence-electron chi connectivity index (χ0n) is 20.3. The number of Topliss-reactive ketones (excluding diaryl/α,β-unsaturated/α-hetero) is 1. The lowest BCUT2D eigenvalue weighted by Crippen LogP contribution is -2.32. The van der Waals surface area contributed by atoms with Gasteiger partial charge in [-0.25, -0.2) is 4.98 Å². The first-order valence-corrected chi connectivity index (χ1v) is 13.9. The van der Waals surface area contributed by atoms with Gasteiger partial charge in [-0.3, -0.25) is 9.78 Å². The normalized spacial score (nSPS) is 15.4. The fourth-order valence-corrected chi connectivity index (χ4v) is 7.14. The van der Waals surface area contributed by atoms with E-state index in [1.165, 1.54) is 25.6 Å². The van der Waals surface area contributed by atoms with Crippen molar-refractivity contribution >= 4 is 38.7 Å².